The van der Waals surface area contributed by atoms with Crippen molar-refractivity contribution >= 4 is 45.6 Å². The van der Waals surface area contributed by atoms with Gasteiger partial charge in [0.15, 0.2) is 0 Å². The van der Waals surface area contributed by atoms with Crippen molar-refractivity contribution in [3.05, 3.63) is 107 Å². The van der Waals surface area contributed by atoms with Crippen LogP contribution < -0.4 is 11.5 Å². The largest absolute Gasteiger partial charge is 0.397 e. The van der Waals surface area contributed by atoms with Gasteiger partial charge in [-0.25, -0.2) is 0 Å². The molecular formula is C34H36N6. The maximum absolute atomic E-state index is 6.34. The summed E-state index contributed by atoms with van der Waals surface area (Å²) >= 11 is 0. The molecule has 0 fully saturated rings. The lowest BCUT2D eigenvalue weighted by molar-refractivity contribution is 1.40. The van der Waals surface area contributed by atoms with Crippen molar-refractivity contribution < 1.29 is 0 Å². The second kappa shape index (κ2) is 12.3. The second-order valence-electron chi connectivity index (χ2n) is 9.72. The molecule has 6 heteroatoms. The molecule has 6 nitrogen and oxygen atoms in total. The van der Waals surface area contributed by atoms with E-state index in [1.165, 1.54) is 0 Å². The van der Waals surface area contributed by atoms with E-state index in [-0.39, 0.29) is 0 Å². The predicted octanol–water partition coefficient (Wildman–Crippen LogP) is 7.68. The van der Waals surface area contributed by atoms with Crippen LogP contribution in [0.3, 0.4) is 0 Å². The van der Waals surface area contributed by atoms with E-state index in [1.807, 2.05) is 100 Å². The first-order valence-corrected chi connectivity index (χ1v) is 13.2. The van der Waals surface area contributed by atoms with Crippen LogP contribution in [0.5, 0.6) is 0 Å². The van der Waals surface area contributed by atoms with Gasteiger partial charge >= 0.3 is 0 Å². The zero-order valence-electron chi connectivity index (χ0n) is 24.0. The van der Waals surface area contributed by atoms with E-state index >= 15 is 0 Å². The smallest absolute Gasteiger partial charge is 0.0868 e. The van der Waals surface area contributed by atoms with E-state index in [9.17, 15) is 0 Å². The van der Waals surface area contributed by atoms with Gasteiger partial charge in [-0.15, -0.1) is 0 Å². The molecule has 0 saturated heterocycles. The van der Waals surface area contributed by atoms with Gasteiger partial charge in [0, 0.05) is 36.9 Å². The molecule has 0 aliphatic carbocycles. The van der Waals surface area contributed by atoms with Gasteiger partial charge < -0.3 is 11.5 Å². The summed E-state index contributed by atoms with van der Waals surface area (Å²) in [4.78, 5) is 18.4. The van der Waals surface area contributed by atoms with E-state index in [2.05, 4.69) is 22.1 Å². The highest BCUT2D eigenvalue weighted by atomic mass is 14.8. The van der Waals surface area contributed by atoms with Gasteiger partial charge in [0.1, 0.15) is 0 Å². The van der Waals surface area contributed by atoms with E-state index in [0.717, 1.165) is 56.2 Å². The average Bonchev–Trinajstić information content (AvgIpc) is 2.98. The van der Waals surface area contributed by atoms with Gasteiger partial charge in [0.25, 0.3) is 0 Å². The fourth-order valence-corrected chi connectivity index (χ4v) is 4.33. The third kappa shape index (κ3) is 6.41. The standard InChI is InChI=1S/C34H36N6/c1-21(37-5)25-9-7-11-27(17-25)23(3)39-33-19-29(13-15-31(33)35)30-14-16-32(36)34(20-30)40-24(4)28-12-8-10-26(18-28)22(2)38-6/h7-20H,35-36H2,1-6H3. The van der Waals surface area contributed by atoms with Crippen molar-refractivity contribution in [3.8, 4) is 11.1 Å². The summed E-state index contributed by atoms with van der Waals surface area (Å²) in [6, 6.07) is 28.2. The molecule has 202 valence electrons. The van der Waals surface area contributed by atoms with Crippen LogP contribution in [-0.2, 0) is 0 Å². The van der Waals surface area contributed by atoms with Gasteiger partial charge in [-0.3, -0.25) is 20.0 Å². The first-order valence-electron chi connectivity index (χ1n) is 13.2. The SMILES string of the molecule is CN=C(C)c1cccc(C(C)=Nc2cc(-c3ccc(N)c(N=C(C)c4cccc(C(C)=NC)c4)c3)ccc2N)c1. The normalized spacial score (nSPS) is 13.1. The molecule has 0 heterocycles. The fourth-order valence-electron chi connectivity index (χ4n) is 4.33. The molecule has 4 N–H and O–H groups in total. The zero-order valence-corrected chi connectivity index (χ0v) is 24.0. The second-order valence-corrected chi connectivity index (χ2v) is 9.72. The number of nitrogens with zero attached hydrogens (tertiary/aromatic N) is 4. The summed E-state index contributed by atoms with van der Waals surface area (Å²) in [6.07, 6.45) is 0. The quantitative estimate of drug-likeness (QED) is 0.190. The highest BCUT2D eigenvalue weighted by Crippen LogP contribution is 2.34. The van der Waals surface area contributed by atoms with E-state index in [1.54, 1.807) is 14.1 Å². The summed E-state index contributed by atoms with van der Waals surface area (Å²) in [5.74, 6) is 0. The Morgan fingerprint density at radius 3 is 1.18 bits per heavy atom. The van der Waals surface area contributed by atoms with Crippen LogP contribution in [0.15, 0.2) is 105 Å². The number of nitrogens with two attached hydrogens (primary N) is 2. The van der Waals surface area contributed by atoms with Crippen LogP contribution in [-0.4, -0.2) is 36.9 Å². The predicted molar refractivity (Wildman–Crippen MR) is 174 cm³/mol. The number of benzene rings is 4. The molecule has 0 saturated carbocycles. The van der Waals surface area contributed by atoms with Crippen molar-refractivity contribution in [2.75, 3.05) is 25.6 Å². The summed E-state index contributed by atoms with van der Waals surface area (Å²) in [6.45, 7) is 7.98. The lowest BCUT2D eigenvalue weighted by Crippen LogP contribution is -2.00. The fraction of sp³-hybridized carbons (Fsp3) is 0.176. The summed E-state index contributed by atoms with van der Waals surface area (Å²) in [7, 11) is 3.59. The van der Waals surface area contributed by atoms with E-state index < -0.39 is 0 Å². The number of nitrogen functional groups attached to an aromatic ring is 2. The Morgan fingerprint density at radius 1 is 0.475 bits per heavy atom. The highest BCUT2D eigenvalue weighted by Gasteiger charge is 2.09. The van der Waals surface area contributed by atoms with E-state index in [0.29, 0.717) is 22.7 Å². The van der Waals surface area contributed by atoms with Gasteiger partial charge in [-0.05, 0) is 97.5 Å². The molecule has 0 aliphatic rings. The topological polar surface area (TPSA) is 101 Å². The maximum Gasteiger partial charge on any atom is 0.0868 e. The molecule has 0 aliphatic heterocycles. The van der Waals surface area contributed by atoms with Crippen LogP contribution in [0.2, 0.25) is 0 Å². The molecule has 0 amide bonds. The molecule has 4 aromatic carbocycles. The molecule has 4 rings (SSSR count). The third-order valence-corrected chi connectivity index (χ3v) is 7.04. The van der Waals surface area contributed by atoms with Crippen molar-refractivity contribution in [2.45, 2.75) is 27.7 Å². The maximum atomic E-state index is 6.34. The number of rotatable bonds is 7. The Bertz CT molecular complexity index is 1550. The number of hydrogen-bond acceptors (Lipinski definition) is 6. The molecule has 40 heavy (non-hydrogen) atoms. The highest BCUT2D eigenvalue weighted by molar-refractivity contribution is 6.06. The Hall–Kier alpha value is -4.84. The zero-order chi connectivity index (χ0) is 28.8. The first-order chi connectivity index (χ1) is 19.2. The summed E-state index contributed by atoms with van der Waals surface area (Å²) < 4.78 is 0. The molecule has 0 unspecified atom stereocenters. The molecule has 0 atom stereocenters. The number of aliphatic imine (C=N–C) groups is 4. The molecule has 4 aromatic rings. The summed E-state index contributed by atoms with van der Waals surface area (Å²) in [5.41, 5.74) is 25.2. The molecule has 0 bridgehead atoms. The number of hydrogen-bond donors (Lipinski definition) is 2. The molecule has 0 spiro atoms. The number of anilines is 2. The van der Waals surface area contributed by atoms with Crippen molar-refractivity contribution in [1.29, 1.82) is 0 Å². The average molecular weight is 529 g/mol. The molecule has 0 aromatic heterocycles. The Balaban J connectivity index is 1.69. The van der Waals surface area contributed by atoms with Crippen molar-refractivity contribution in [2.24, 2.45) is 20.0 Å². The van der Waals surface area contributed by atoms with Crippen LogP contribution in [0.4, 0.5) is 22.7 Å². The van der Waals surface area contributed by atoms with Gasteiger partial charge in [-0.2, -0.15) is 0 Å². The minimum absolute atomic E-state index is 0.612. The molecular weight excluding hydrogens is 492 g/mol. The Kier molecular flexibility index (Phi) is 8.70. The monoisotopic (exact) mass is 528 g/mol. The van der Waals surface area contributed by atoms with Gasteiger partial charge in [0.2, 0.25) is 0 Å². The van der Waals surface area contributed by atoms with Crippen molar-refractivity contribution in [3.63, 3.8) is 0 Å². The first kappa shape index (κ1) is 28.2. The minimum atomic E-state index is 0.612. The minimum Gasteiger partial charge on any atom is -0.397 e. The Labute approximate surface area is 237 Å². The van der Waals surface area contributed by atoms with Crippen LogP contribution in [0, 0.1) is 0 Å². The van der Waals surface area contributed by atoms with Crippen molar-refractivity contribution in [1.82, 2.24) is 0 Å². The lowest BCUT2D eigenvalue weighted by Gasteiger charge is -2.11. The third-order valence-electron chi connectivity index (χ3n) is 7.04. The van der Waals surface area contributed by atoms with Crippen LogP contribution in [0.25, 0.3) is 11.1 Å². The lowest BCUT2D eigenvalue weighted by atomic mass is 10.0. The Morgan fingerprint density at radius 2 is 0.825 bits per heavy atom. The molecule has 0 radical (unpaired) electrons. The van der Waals surface area contributed by atoms with E-state index in [4.69, 9.17) is 21.5 Å². The van der Waals surface area contributed by atoms with Gasteiger partial charge in [0.05, 0.1) is 22.7 Å². The summed E-state index contributed by atoms with van der Waals surface area (Å²) in [5, 5.41) is 0. The van der Waals surface area contributed by atoms with Crippen LogP contribution >= 0.6 is 0 Å². The van der Waals surface area contributed by atoms with Crippen LogP contribution in [0.1, 0.15) is 49.9 Å². The van der Waals surface area contributed by atoms with Gasteiger partial charge in [-0.1, -0.05) is 48.5 Å².